The summed E-state index contributed by atoms with van der Waals surface area (Å²) in [6.07, 6.45) is 0.310. The van der Waals surface area contributed by atoms with Crippen molar-refractivity contribution in [1.29, 1.82) is 0 Å². The van der Waals surface area contributed by atoms with Gasteiger partial charge in [-0.05, 0) is 0 Å². The van der Waals surface area contributed by atoms with E-state index in [-0.39, 0.29) is 19.2 Å². The summed E-state index contributed by atoms with van der Waals surface area (Å²) in [6.45, 7) is 1.00. The largest absolute Gasteiger partial charge is 0.449 e. The van der Waals surface area contributed by atoms with E-state index in [4.69, 9.17) is 29.5 Å². The Morgan fingerprint density at radius 1 is 0.721 bits per heavy atom. The standard InChI is InChI=1S/C21H40N4O9S9/c26-1-5-35-7-3-31-20(28)24-12-39-17-38-11-23-14-43(30)19-42-18-41-15-32-21(29)25-13-40-16-37-10-22-9-34-33-4-8-36-6-2-27/h9,14,26-27H,1-8,10-13,15-19H2,(H,24,28)(H,25,29). The van der Waals surface area contributed by atoms with Crippen LogP contribution in [0.4, 0.5) is 9.59 Å². The molecule has 0 aliphatic rings. The molecular formula is C21H40N4O9S9. The zero-order valence-corrected chi connectivity index (χ0v) is 30.8. The minimum absolute atomic E-state index is 0.116. The summed E-state index contributed by atoms with van der Waals surface area (Å²) >= 11 is 12.2. The Labute approximate surface area is 290 Å². The summed E-state index contributed by atoms with van der Waals surface area (Å²) in [4.78, 5) is 41.0. The number of hydrogen-bond acceptors (Lipinski definition) is 19. The average molecular weight is 781 g/mol. The Morgan fingerprint density at radius 3 is 2.00 bits per heavy atom. The van der Waals surface area contributed by atoms with Gasteiger partial charge in [-0.15, -0.1) is 70.6 Å². The number of nitrogens with zero attached hydrogens (tertiary/aromatic N) is 2. The Kier molecular flexibility index (Phi) is 37.4. The lowest BCUT2D eigenvalue weighted by Gasteiger charge is -2.06. The van der Waals surface area contributed by atoms with Gasteiger partial charge in [-0.2, -0.15) is 28.4 Å². The molecule has 0 aromatic carbocycles. The smallest absolute Gasteiger partial charge is 0.408 e. The highest BCUT2D eigenvalue weighted by atomic mass is 32.2. The minimum atomic E-state index is -1.17. The molecule has 43 heavy (non-hydrogen) atoms. The molecule has 0 saturated carbocycles. The molecule has 2 amide bonds. The SMILES string of the molecule is O=C(NCSCSCN=CS(=O)CSCSCOC(=O)NCSCSCN=COOCCSCCO)OCCSCCO. The quantitative estimate of drug-likeness (QED) is 0.0200. The molecule has 0 heterocycles. The molecule has 4 N–H and O–H groups in total. The highest BCUT2D eigenvalue weighted by Gasteiger charge is 2.03. The third kappa shape index (κ3) is 36.8. The molecule has 0 aromatic rings. The average Bonchev–Trinajstić information content (AvgIpc) is 3.00. The lowest BCUT2D eigenvalue weighted by molar-refractivity contribution is -0.210. The van der Waals surface area contributed by atoms with E-state index in [0.717, 1.165) is 15.9 Å². The van der Waals surface area contributed by atoms with Gasteiger partial charge >= 0.3 is 12.2 Å². The molecule has 0 aliphatic heterocycles. The van der Waals surface area contributed by atoms with Crippen molar-refractivity contribution in [2.45, 2.75) is 0 Å². The highest BCUT2D eigenvalue weighted by Crippen LogP contribution is 2.14. The maximum Gasteiger partial charge on any atom is 0.408 e. The number of ether oxygens (including phenoxy) is 2. The van der Waals surface area contributed by atoms with Gasteiger partial charge in [0.1, 0.15) is 19.2 Å². The van der Waals surface area contributed by atoms with Crippen molar-refractivity contribution in [2.75, 3.05) is 99.2 Å². The van der Waals surface area contributed by atoms with Crippen molar-refractivity contribution in [3.8, 4) is 0 Å². The van der Waals surface area contributed by atoms with E-state index in [9.17, 15) is 13.8 Å². The molecule has 1 unspecified atom stereocenters. The van der Waals surface area contributed by atoms with Gasteiger partial charge in [0.2, 0.25) is 6.40 Å². The van der Waals surface area contributed by atoms with E-state index in [1.54, 1.807) is 35.3 Å². The molecule has 0 aromatic heterocycles. The van der Waals surface area contributed by atoms with Crippen molar-refractivity contribution in [1.82, 2.24) is 10.6 Å². The topological polar surface area (TPSA) is 177 Å². The Bertz CT molecular complexity index is 750. The van der Waals surface area contributed by atoms with Crippen molar-refractivity contribution >= 4 is 129 Å². The van der Waals surface area contributed by atoms with Gasteiger partial charge in [-0.25, -0.2) is 14.6 Å². The molecule has 1 atom stereocenters. The first kappa shape index (κ1) is 43.5. The number of carbonyl (C=O) groups excluding carboxylic acids is 2. The second-order valence-electron chi connectivity index (χ2n) is 6.83. The third-order valence-corrected chi connectivity index (χ3v) is 13.0. The van der Waals surface area contributed by atoms with Crippen LogP contribution in [0.15, 0.2) is 9.98 Å². The van der Waals surface area contributed by atoms with Crippen LogP contribution in [0, 0.1) is 0 Å². The van der Waals surface area contributed by atoms with E-state index >= 15 is 0 Å². The van der Waals surface area contributed by atoms with Crippen molar-refractivity contribution in [3.63, 3.8) is 0 Å². The van der Waals surface area contributed by atoms with Crippen molar-refractivity contribution in [2.24, 2.45) is 9.98 Å². The normalized spacial score (nSPS) is 12.0. The maximum atomic E-state index is 12.0. The molecule has 0 aliphatic carbocycles. The van der Waals surface area contributed by atoms with Gasteiger partial charge in [0.15, 0.2) is 0 Å². The lowest BCUT2D eigenvalue weighted by atomic mass is 10.8. The molecule has 0 bridgehead atoms. The van der Waals surface area contributed by atoms with Crippen LogP contribution in [0.1, 0.15) is 0 Å². The first-order chi connectivity index (χ1) is 21.1. The summed E-state index contributed by atoms with van der Waals surface area (Å²) in [5.41, 5.74) is 1.44. The number of aliphatic hydroxyl groups is 2. The number of thioether (sulfide) groups is 8. The predicted octanol–water partition coefficient (Wildman–Crippen LogP) is 3.66. The fourth-order valence-corrected chi connectivity index (χ4v) is 9.01. The summed E-state index contributed by atoms with van der Waals surface area (Å²) in [7, 11) is -1.17. The van der Waals surface area contributed by atoms with E-state index in [1.807, 2.05) is 0 Å². The van der Waals surface area contributed by atoms with Crippen molar-refractivity contribution in [3.05, 3.63) is 0 Å². The summed E-state index contributed by atoms with van der Waals surface area (Å²) in [6, 6.07) is 0. The summed E-state index contributed by atoms with van der Waals surface area (Å²) in [5, 5.41) is 25.1. The van der Waals surface area contributed by atoms with Crippen molar-refractivity contribution < 1.29 is 43.3 Å². The molecular weight excluding hydrogens is 741 g/mol. The molecule has 0 fully saturated rings. The van der Waals surface area contributed by atoms with E-state index < -0.39 is 23.0 Å². The minimum Gasteiger partial charge on any atom is -0.449 e. The van der Waals surface area contributed by atoms with Crippen LogP contribution in [0.2, 0.25) is 0 Å². The van der Waals surface area contributed by atoms with Gasteiger partial charge in [0.05, 0.1) is 58.2 Å². The zero-order valence-electron chi connectivity index (χ0n) is 23.5. The van der Waals surface area contributed by atoms with Crippen LogP contribution in [-0.2, 0) is 30.0 Å². The van der Waals surface area contributed by atoms with Crippen LogP contribution < -0.4 is 10.6 Å². The van der Waals surface area contributed by atoms with Crippen LogP contribution in [-0.4, -0.2) is 138 Å². The molecule has 0 saturated heterocycles. The Hall–Kier alpha value is 0.510. The molecule has 0 spiro atoms. The number of carbonyl (C=O) groups is 2. The van der Waals surface area contributed by atoms with E-state index in [2.05, 4.69) is 20.6 Å². The predicted molar refractivity (Wildman–Crippen MR) is 194 cm³/mol. The van der Waals surface area contributed by atoms with Gasteiger partial charge in [-0.1, -0.05) is 0 Å². The van der Waals surface area contributed by atoms with Gasteiger partial charge in [0.25, 0.3) is 0 Å². The second-order valence-corrected chi connectivity index (χ2v) is 17.8. The zero-order chi connectivity index (χ0) is 31.5. The fraction of sp³-hybridized carbons (Fsp3) is 0.810. The second kappa shape index (κ2) is 37.0. The Balaban J connectivity index is 3.42. The number of alkyl carbamates (subject to hydrolysis) is 2. The highest BCUT2D eigenvalue weighted by molar-refractivity contribution is 8.22. The van der Waals surface area contributed by atoms with E-state index in [1.165, 1.54) is 70.8 Å². The summed E-state index contributed by atoms with van der Waals surface area (Å²) < 4.78 is 22.1. The number of aliphatic imine (C=N–C) groups is 2. The van der Waals surface area contributed by atoms with Crippen LogP contribution in [0.5, 0.6) is 0 Å². The summed E-state index contributed by atoms with van der Waals surface area (Å²) in [5.74, 6) is 4.76. The third-order valence-electron chi connectivity index (χ3n) is 3.56. The monoisotopic (exact) mass is 780 g/mol. The first-order valence-corrected chi connectivity index (χ1v) is 23.0. The maximum absolute atomic E-state index is 12.0. The first-order valence-electron chi connectivity index (χ1n) is 12.4. The number of nitrogens with one attached hydrogen (secondary N) is 2. The molecule has 22 heteroatoms. The molecule has 0 radical (unpaired) electrons. The van der Waals surface area contributed by atoms with Crippen LogP contribution >= 0.6 is 94.1 Å². The fourth-order valence-electron chi connectivity index (χ4n) is 1.91. The molecule has 0 rings (SSSR count). The van der Waals surface area contributed by atoms with E-state index in [0.29, 0.717) is 64.1 Å². The lowest BCUT2D eigenvalue weighted by Crippen LogP contribution is -2.24. The number of amides is 2. The van der Waals surface area contributed by atoms with Crippen LogP contribution in [0.25, 0.3) is 0 Å². The molecule has 252 valence electrons. The van der Waals surface area contributed by atoms with Gasteiger partial charge in [-0.3, -0.25) is 9.20 Å². The number of hydrogen-bond donors (Lipinski definition) is 4. The Morgan fingerprint density at radius 2 is 1.33 bits per heavy atom. The number of aliphatic hydroxyl groups excluding tert-OH is 2. The van der Waals surface area contributed by atoms with Crippen LogP contribution in [0.3, 0.4) is 0 Å². The van der Waals surface area contributed by atoms with Gasteiger partial charge in [0, 0.05) is 38.3 Å². The molecule has 13 nitrogen and oxygen atoms in total. The van der Waals surface area contributed by atoms with Gasteiger partial charge < -0.3 is 35.2 Å². The number of rotatable bonds is 31.